The third-order valence-electron chi connectivity index (χ3n) is 4.64. The van der Waals surface area contributed by atoms with Gasteiger partial charge in [0.05, 0.1) is 12.2 Å². The fourth-order valence-corrected chi connectivity index (χ4v) is 2.97. The molecule has 0 saturated carbocycles. The molecule has 0 aliphatic carbocycles. The molecule has 0 spiro atoms. The molecule has 0 bridgehead atoms. The van der Waals surface area contributed by atoms with Crippen LogP contribution in [0.25, 0.3) is 0 Å². The number of piperazine rings is 1. The Morgan fingerprint density at radius 3 is 2.56 bits per heavy atom. The first-order valence-corrected chi connectivity index (χ1v) is 9.24. The molecular formula is C18H28N6O3. The molecule has 1 fully saturated rings. The molecule has 2 aromatic rings. The van der Waals surface area contributed by atoms with Crippen molar-refractivity contribution in [2.24, 2.45) is 0 Å². The smallest absolute Gasteiger partial charge is 0.324 e. The zero-order valence-electron chi connectivity index (χ0n) is 16.5. The molecule has 3 heterocycles. The van der Waals surface area contributed by atoms with E-state index in [0.29, 0.717) is 25.0 Å². The Morgan fingerprint density at radius 2 is 1.89 bits per heavy atom. The quantitative estimate of drug-likeness (QED) is 0.734. The van der Waals surface area contributed by atoms with Gasteiger partial charge < -0.3 is 14.2 Å². The minimum Gasteiger partial charge on any atom is -0.377 e. The van der Waals surface area contributed by atoms with Crippen LogP contribution in [0.2, 0.25) is 0 Å². The van der Waals surface area contributed by atoms with E-state index in [1.807, 2.05) is 6.07 Å². The molecule has 9 heteroatoms. The number of aromatic nitrogens is 4. The van der Waals surface area contributed by atoms with Crippen molar-refractivity contribution in [1.82, 2.24) is 24.8 Å². The standard InChI is InChI=1S/C18H28N6O3/c1-18(2,3)14-5-6-16(25)24(20-14)12-9-22-7-10-23(11-8-22)17-19-15(13-26-4)21-27-17/h5-6H,7-13H2,1-4H3. The summed E-state index contributed by atoms with van der Waals surface area (Å²) < 4.78 is 11.9. The summed E-state index contributed by atoms with van der Waals surface area (Å²) in [5, 5.41) is 8.43. The van der Waals surface area contributed by atoms with Gasteiger partial charge in [0.2, 0.25) is 0 Å². The predicted molar refractivity (Wildman–Crippen MR) is 101 cm³/mol. The maximum atomic E-state index is 12.1. The Hall–Kier alpha value is -2.26. The second-order valence-corrected chi connectivity index (χ2v) is 7.78. The molecule has 0 N–H and O–H groups in total. The number of anilines is 1. The van der Waals surface area contributed by atoms with Gasteiger partial charge in [-0.3, -0.25) is 9.69 Å². The van der Waals surface area contributed by atoms with E-state index in [0.717, 1.165) is 38.4 Å². The van der Waals surface area contributed by atoms with Crippen molar-refractivity contribution < 1.29 is 9.26 Å². The van der Waals surface area contributed by atoms with Gasteiger partial charge in [0.25, 0.3) is 5.56 Å². The van der Waals surface area contributed by atoms with Crippen molar-refractivity contribution >= 4 is 6.01 Å². The zero-order chi connectivity index (χ0) is 19.4. The maximum Gasteiger partial charge on any atom is 0.324 e. The van der Waals surface area contributed by atoms with Crippen molar-refractivity contribution in [3.05, 3.63) is 34.0 Å². The summed E-state index contributed by atoms with van der Waals surface area (Å²) in [6, 6.07) is 3.97. The van der Waals surface area contributed by atoms with Gasteiger partial charge in [-0.05, 0) is 6.07 Å². The van der Waals surface area contributed by atoms with Crippen molar-refractivity contribution in [3.8, 4) is 0 Å². The summed E-state index contributed by atoms with van der Waals surface area (Å²) in [6.07, 6.45) is 0. The monoisotopic (exact) mass is 376 g/mol. The highest BCUT2D eigenvalue weighted by molar-refractivity contribution is 5.25. The molecular weight excluding hydrogens is 348 g/mol. The zero-order valence-corrected chi connectivity index (χ0v) is 16.5. The highest BCUT2D eigenvalue weighted by Gasteiger charge is 2.22. The van der Waals surface area contributed by atoms with Gasteiger partial charge in [0.15, 0.2) is 5.82 Å². The number of hydrogen-bond acceptors (Lipinski definition) is 8. The number of rotatable bonds is 6. The van der Waals surface area contributed by atoms with E-state index in [1.54, 1.807) is 17.9 Å². The van der Waals surface area contributed by atoms with Gasteiger partial charge in [0.1, 0.15) is 6.61 Å². The fraction of sp³-hybridized carbons (Fsp3) is 0.667. The van der Waals surface area contributed by atoms with Crippen molar-refractivity contribution in [1.29, 1.82) is 0 Å². The number of methoxy groups -OCH3 is 1. The number of ether oxygens (including phenoxy) is 1. The van der Waals surface area contributed by atoms with Crippen LogP contribution in [0.3, 0.4) is 0 Å². The molecule has 1 aliphatic heterocycles. The molecule has 9 nitrogen and oxygen atoms in total. The largest absolute Gasteiger partial charge is 0.377 e. The Balaban J connectivity index is 1.53. The SMILES string of the molecule is COCc1noc(N2CCN(CCn3nc(C(C)(C)C)ccc3=O)CC2)n1. The minimum absolute atomic E-state index is 0.0573. The van der Waals surface area contributed by atoms with Crippen LogP contribution in [0.15, 0.2) is 21.5 Å². The first-order valence-electron chi connectivity index (χ1n) is 9.24. The lowest BCUT2D eigenvalue weighted by Crippen LogP contribution is -2.47. The van der Waals surface area contributed by atoms with E-state index in [2.05, 4.69) is 45.8 Å². The third-order valence-corrected chi connectivity index (χ3v) is 4.64. The van der Waals surface area contributed by atoms with Crippen LogP contribution in [0.4, 0.5) is 6.01 Å². The fourth-order valence-electron chi connectivity index (χ4n) is 2.97. The highest BCUT2D eigenvalue weighted by atomic mass is 16.5. The molecule has 2 aromatic heterocycles. The third kappa shape index (κ3) is 4.92. The van der Waals surface area contributed by atoms with Crippen LogP contribution >= 0.6 is 0 Å². The van der Waals surface area contributed by atoms with Crippen LogP contribution < -0.4 is 10.5 Å². The van der Waals surface area contributed by atoms with Crippen LogP contribution in [0.1, 0.15) is 32.3 Å². The van der Waals surface area contributed by atoms with Crippen molar-refractivity contribution in [2.75, 3.05) is 44.7 Å². The molecule has 3 rings (SSSR count). The van der Waals surface area contributed by atoms with E-state index in [4.69, 9.17) is 9.26 Å². The van der Waals surface area contributed by atoms with Gasteiger partial charge in [-0.15, -0.1) is 0 Å². The lowest BCUT2D eigenvalue weighted by Gasteiger charge is -2.33. The Kier molecular flexibility index (Phi) is 5.91. The number of hydrogen-bond donors (Lipinski definition) is 0. The van der Waals surface area contributed by atoms with E-state index >= 15 is 0 Å². The summed E-state index contributed by atoms with van der Waals surface area (Å²) in [5.74, 6) is 0.555. The highest BCUT2D eigenvalue weighted by Crippen LogP contribution is 2.18. The van der Waals surface area contributed by atoms with Crippen LogP contribution in [-0.2, 0) is 23.3 Å². The van der Waals surface area contributed by atoms with E-state index in [9.17, 15) is 4.79 Å². The van der Waals surface area contributed by atoms with Crippen LogP contribution in [0.5, 0.6) is 0 Å². The average Bonchev–Trinajstić information content (AvgIpc) is 3.09. The molecule has 0 unspecified atom stereocenters. The molecule has 148 valence electrons. The normalized spacial score (nSPS) is 16.1. The first kappa shape index (κ1) is 19.5. The summed E-state index contributed by atoms with van der Waals surface area (Å²) in [6.45, 7) is 11.4. The second-order valence-electron chi connectivity index (χ2n) is 7.78. The second kappa shape index (κ2) is 8.18. The Labute approximate surface area is 158 Å². The molecule has 0 atom stereocenters. The lowest BCUT2D eigenvalue weighted by molar-refractivity contribution is 0.174. The lowest BCUT2D eigenvalue weighted by atomic mass is 9.92. The summed E-state index contributed by atoms with van der Waals surface area (Å²) in [4.78, 5) is 20.8. The Morgan fingerprint density at radius 1 is 1.15 bits per heavy atom. The van der Waals surface area contributed by atoms with E-state index in [1.165, 1.54) is 0 Å². The van der Waals surface area contributed by atoms with Gasteiger partial charge >= 0.3 is 6.01 Å². The van der Waals surface area contributed by atoms with Gasteiger partial charge in [-0.25, -0.2) is 4.68 Å². The predicted octanol–water partition coefficient (Wildman–Crippen LogP) is 0.892. The molecule has 1 saturated heterocycles. The van der Waals surface area contributed by atoms with Gasteiger partial charge in [0, 0.05) is 51.3 Å². The number of nitrogens with zero attached hydrogens (tertiary/aromatic N) is 6. The molecule has 0 aromatic carbocycles. The summed E-state index contributed by atoms with van der Waals surface area (Å²) >= 11 is 0. The topological polar surface area (TPSA) is 89.5 Å². The average molecular weight is 376 g/mol. The van der Waals surface area contributed by atoms with Crippen LogP contribution in [-0.4, -0.2) is 64.7 Å². The molecule has 27 heavy (non-hydrogen) atoms. The molecule has 0 amide bonds. The van der Waals surface area contributed by atoms with Crippen molar-refractivity contribution in [3.63, 3.8) is 0 Å². The van der Waals surface area contributed by atoms with Crippen LogP contribution in [0, 0.1) is 0 Å². The summed E-state index contributed by atoms with van der Waals surface area (Å²) in [5.41, 5.74) is 0.792. The van der Waals surface area contributed by atoms with Gasteiger partial charge in [-0.1, -0.05) is 25.9 Å². The maximum absolute atomic E-state index is 12.1. The Bertz CT molecular complexity index is 802. The van der Waals surface area contributed by atoms with E-state index in [-0.39, 0.29) is 11.0 Å². The molecule has 1 aliphatic rings. The summed E-state index contributed by atoms with van der Waals surface area (Å²) in [7, 11) is 1.60. The van der Waals surface area contributed by atoms with Gasteiger partial charge in [-0.2, -0.15) is 10.1 Å². The minimum atomic E-state index is -0.0766. The van der Waals surface area contributed by atoms with Crippen molar-refractivity contribution in [2.45, 2.75) is 39.3 Å². The first-order chi connectivity index (χ1) is 12.9. The van der Waals surface area contributed by atoms with E-state index < -0.39 is 0 Å². The molecule has 0 radical (unpaired) electrons.